The number of aromatic nitrogens is 1. The maximum atomic E-state index is 11.7. The molecule has 0 aromatic carbocycles. The van der Waals surface area contributed by atoms with E-state index in [1.807, 2.05) is 0 Å². The van der Waals surface area contributed by atoms with E-state index in [-0.39, 0.29) is 12.5 Å². The highest BCUT2D eigenvalue weighted by molar-refractivity contribution is 6.33. The largest absolute Gasteiger partial charge is 0.350 e. The standard InChI is InChI=1S/C11H12ClN3O/c1-11(2,6-13)7-15-10(16)8-5-14-4-3-9(8)12/h3-5H,7H2,1-2H3,(H,15,16). The van der Waals surface area contributed by atoms with E-state index >= 15 is 0 Å². The first kappa shape index (κ1) is 12.5. The van der Waals surface area contributed by atoms with E-state index in [0.29, 0.717) is 10.6 Å². The van der Waals surface area contributed by atoms with Gasteiger partial charge in [0.25, 0.3) is 5.91 Å². The first-order valence-corrected chi connectivity index (χ1v) is 5.13. The molecule has 1 rings (SSSR count). The number of rotatable bonds is 3. The Balaban J connectivity index is 2.68. The van der Waals surface area contributed by atoms with Crippen LogP contribution in [-0.2, 0) is 0 Å². The Hall–Kier alpha value is -1.60. The predicted octanol–water partition coefficient (Wildman–Crippen LogP) is 2.01. The fraction of sp³-hybridized carbons (Fsp3) is 0.364. The lowest BCUT2D eigenvalue weighted by molar-refractivity contribution is 0.0943. The first-order valence-electron chi connectivity index (χ1n) is 4.75. The number of hydrogen-bond acceptors (Lipinski definition) is 3. The number of nitriles is 1. The second-order valence-corrected chi connectivity index (χ2v) is 4.44. The van der Waals surface area contributed by atoms with Crippen molar-refractivity contribution in [1.82, 2.24) is 10.3 Å². The molecule has 0 bridgehead atoms. The average Bonchev–Trinajstić information content (AvgIpc) is 2.27. The number of nitrogens with zero attached hydrogens (tertiary/aromatic N) is 2. The van der Waals surface area contributed by atoms with Gasteiger partial charge in [-0.3, -0.25) is 9.78 Å². The Bertz CT molecular complexity index is 437. The molecule has 0 unspecified atom stereocenters. The summed E-state index contributed by atoms with van der Waals surface area (Å²) >= 11 is 5.84. The molecule has 0 aliphatic rings. The van der Waals surface area contributed by atoms with Gasteiger partial charge in [-0.25, -0.2) is 0 Å². The molecule has 0 aliphatic carbocycles. The normalized spacial score (nSPS) is 10.6. The smallest absolute Gasteiger partial charge is 0.254 e. The molecule has 1 heterocycles. The Morgan fingerprint density at radius 1 is 1.69 bits per heavy atom. The number of hydrogen-bond donors (Lipinski definition) is 1. The lowest BCUT2D eigenvalue weighted by Gasteiger charge is -2.15. The van der Waals surface area contributed by atoms with Crippen LogP contribution in [0.3, 0.4) is 0 Å². The molecule has 1 N–H and O–H groups in total. The highest BCUT2D eigenvalue weighted by atomic mass is 35.5. The van der Waals surface area contributed by atoms with Crippen LogP contribution in [0.4, 0.5) is 0 Å². The van der Waals surface area contributed by atoms with Crippen molar-refractivity contribution < 1.29 is 4.79 Å². The number of pyridine rings is 1. The van der Waals surface area contributed by atoms with Gasteiger partial charge in [-0.05, 0) is 19.9 Å². The third-order valence-electron chi connectivity index (χ3n) is 2.01. The Morgan fingerprint density at radius 2 is 2.38 bits per heavy atom. The lowest BCUT2D eigenvalue weighted by atomic mass is 9.96. The maximum Gasteiger partial charge on any atom is 0.254 e. The molecule has 0 saturated carbocycles. The van der Waals surface area contributed by atoms with Gasteiger partial charge in [0.15, 0.2) is 0 Å². The SMILES string of the molecule is CC(C)(C#N)CNC(=O)c1cnccc1Cl. The van der Waals surface area contributed by atoms with E-state index in [1.54, 1.807) is 19.9 Å². The number of amides is 1. The van der Waals surface area contributed by atoms with Crippen LogP contribution in [0, 0.1) is 16.7 Å². The van der Waals surface area contributed by atoms with Crippen molar-refractivity contribution in [3.8, 4) is 6.07 Å². The van der Waals surface area contributed by atoms with E-state index in [2.05, 4.69) is 16.4 Å². The van der Waals surface area contributed by atoms with Crippen molar-refractivity contribution in [3.63, 3.8) is 0 Å². The summed E-state index contributed by atoms with van der Waals surface area (Å²) in [5, 5.41) is 11.8. The van der Waals surface area contributed by atoms with Crippen LogP contribution in [0.15, 0.2) is 18.5 Å². The number of carbonyl (C=O) groups excluding carboxylic acids is 1. The molecule has 84 valence electrons. The average molecular weight is 238 g/mol. The number of nitrogens with one attached hydrogen (secondary N) is 1. The summed E-state index contributed by atoms with van der Waals surface area (Å²) in [4.78, 5) is 15.5. The van der Waals surface area contributed by atoms with E-state index < -0.39 is 5.41 Å². The molecule has 1 aromatic rings. The van der Waals surface area contributed by atoms with Crippen LogP contribution in [0.1, 0.15) is 24.2 Å². The molecule has 0 spiro atoms. The topological polar surface area (TPSA) is 65.8 Å². The molecule has 4 nitrogen and oxygen atoms in total. The zero-order valence-electron chi connectivity index (χ0n) is 9.12. The van der Waals surface area contributed by atoms with Gasteiger partial charge < -0.3 is 5.32 Å². The van der Waals surface area contributed by atoms with Gasteiger partial charge >= 0.3 is 0 Å². The van der Waals surface area contributed by atoms with Crippen molar-refractivity contribution in [2.75, 3.05) is 6.54 Å². The van der Waals surface area contributed by atoms with Crippen molar-refractivity contribution in [2.45, 2.75) is 13.8 Å². The quantitative estimate of drug-likeness (QED) is 0.875. The fourth-order valence-corrected chi connectivity index (χ4v) is 1.17. The minimum Gasteiger partial charge on any atom is -0.350 e. The molecule has 5 heteroatoms. The van der Waals surface area contributed by atoms with Gasteiger partial charge in [-0.1, -0.05) is 11.6 Å². The highest BCUT2D eigenvalue weighted by Crippen LogP contribution is 2.15. The minimum atomic E-state index is -0.593. The summed E-state index contributed by atoms with van der Waals surface area (Å²) in [5.74, 6) is -0.318. The number of halogens is 1. The van der Waals surface area contributed by atoms with Crippen molar-refractivity contribution >= 4 is 17.5 Å². The van der Waals surface area contributed by atoms with E-state index in [9.17, 15) is 4.79 Å². The predicted molar refractivity (Wildman–Crippen MR) is 61.0 cm³/mol. The maximum absolute atomic E-state index is 11.7. The number of carbonyl (C=O) groups is 1. The van der Waals surface area contributed by atoms with Crippen molar-refractivity contribution in [3.05, 3.63) is 29.0 Å². The second-order valence-electron chi connectivity index (χ2n) is 4.03. The molecule has 0 radical (unpaired) electrons. The van der Waals surface area contributed by atoms with Crippen molar-refractivity contribution in [2.24, 2.45) is 5.41 Å². The molecule has 1 amide bonds. The Kier molecular flexibility index (Phi) is 3.86. The van der Waals surface area contributed by atoms with Crippen LogP contribution in [0.2, 0.25) is 5.02 Å². The van der Waals surface area contributed by atoms with E-state index in [0.717, 1.165) is 0 Å². The molecular weight excluding hydrogens is 226 g/mol. The fourth-order valence-electron chi connectivity index (χ4n) is 0.981. The van der Waals surface area contributed by atoms with Gasteiger partial charge in [-0.15, -0.1) is 0 Å². The molecule has 0 saturated heterocycles. The van der Waals surface area contributed by atoms with Crippen LogP contribution in [-0.4, -0.2) is 17.4 Å². The third-order valence-corrected chi connectivity index (χ3v) is 2.34. The first-order chi connectivity index (χ1) is 7.46. The highest BCUT2D eigenvalue weighted by Gasteiger charge is 2.19. The van der Waals surface area contributed by atoms with Crippen LogP contribution < -0.4 is 5.32 Å². The molecule has 0 fully saturated rings. The van der Waals surface area contributed by atoms with Crippen LogP contribution in [0.25, 0.3) is 0 Å². The summed E-state index contributed by atoms with van der Waals surface area (Å²) in [6.45, 7) is 3.77. The molecule has 0 atom stereocenters. The summed E-state index contributed by atoms with van der Waals surface area (Å²) in [7, 11) is 0. The van der Waals surface area contributed by atoms with Gasteiger partial charge in [0.05, 0.1) is 22.1 Å². The second kappa shape index (κ2) is 4.95. The Labute approximate surface area is 99.2 Å². The Morgan fingerprint density at radius 3 is 2.94 bits per heavy atom. The van der Waals surface area contributed by atoms with Gasteiger partial charge in [-0.2, -0.15) is 5.26 Å². The molecule has 0 aliphatic heterocycles. The summed E-state index contributed by atoms with van der Waals surface area (Å²) in [5.41, 5.74) is -0.275. The summed E-state index contributed by atoms with van der Waals surface area (Å²) < 4.78 is 0. The van der Waals surface area contributed by atoms with E-state index in [4.69, 9.17) is 16.9 Å². The van der Waals surface area contributed by atoms with Crippen molar-refractivity contribution in [1.29, 1.82) is 5.26 Å². The minimum absolute atomic E-state index is 0.271. The molecule has 1 aromatic heterocycles. The monoisotopic (exact) mass is 237 g/mol. The lowest BCUT2D eigenvalue weighted by Crippen LogP contribution is -2.33. The van der Waals surface area contributed by atoms with Crippen LogP contribution >= 0.6 is 11.6 Å². The summed E-state index contributed by atoms with van der Waals surface area (Å²) in [6, 6.07) is 3.65. The molecular formula is C11H12ClN3O. The molecule has 16 heavy (non-hydrogen) atoms. The van der Waals surface area contributed by atoms with Gasteiger partial charge in [0, 0.05) is 18.9 Å². The third kappa shape index (κ3) is 3.21. The summed E-state index contributed by atoms with van der Waals surface area (Å²) in [6.07, 6.45) is 2.91. The zero-order valence-corrected chi connectivity index (χ0v) is 9.88. The zero-order chi connectivity index (χ0) is 12.2. The van der Waals surface area contributed by atoms with Gasteiger partial charge in [0.1, 0.15) is 0 Å². The van der Waals surface area contributed by atoms with Gasteiger partial charge in [0.2, 0.25) is 0 Å². The van der Waals surface area contributed by atoms with Crippen LogP contribution in [0.5, 0.6) is 0 Å². The van der Waals surface area contributed by atoms with E-state index in [1.165, 1.54) is 12.4 Å².